The molecule has 1 aromatic carbocycles. The molecule has 1 amide bonds. The molecule has 19 heavy (non-hydrogen) atoms. The van der Waals surface area contributed by atoms with Crippen LogP contribution in [0.4, 0.5) is 0 Å². The lowest BCUT2D eigenvalue weighted by molar-refractivity contribution is 0.0952. The average Bonchev–Trinajstić information content (AvgIpc) is 2.69. The molecule has 2 N–H and O–H groups in total. The molecule has 0 fully saturated rings. The first-order valence-corrected chi connectivity index (χ1v) is 6.73. The third-order valence-electron chi connectivity index (χ3n) is 2.17. The molecule has 0 aliphatic heterocycles. The van der Waals surface area contributed by atoms with Crippen molar-refractivity contribution in [2.75, 3.05) is 0 Å². The smallest absolute Gasteiger partial charge is 0.275 e. The minimum Gasteiger partial charge on any atom is -0.507 e. The van der Waals surface area contributed by atoms with E-state index in [0.717, 1.165) is 4.47 Å². The Hall–Kier alpha value is -1.60. The van der Waals surface area contributed by atoms with E-state index in [1.54, 1.807) is 18.2 Å². The van der Waals surface area contributed by atoms with Crippen molar-refractivity contribution in [3.05, 3.63) is 50.8 Å². The van der Waals surface area contributed by atoms with Gasteiger partial charge in [0.1, 0.15) is 11.5 Å². The molecule has 2 rings (SSSR count). The van der Waals surface area contributed by atoms with Crippen molar-refractivity contribution in [3.63, 3.8) is 0 Å². The molecule has 2 aromatic rings. The van der Waals surface area contributed by atoms with Gasteiger partial charge in [0.2, 0.25) is 0 Å². The minimum absolute atomic E-state index is 0.0984. The molecule has 0 aliphatic carbocycles. The predicted octanol–water partition coefficient (Wildman–Crippen LogP) is 3.27. The summed E-state index contributed by atoms with van der Waals surface area (Å²) >= 11 is 6.45. The largest absolute Gasteiger partial charge is 0.507 e. The van der Waals surface area contributed by atoms with E-state index in [-0.39, 0.29) is 11.3 Å². The van der Waals surface area contributed by atoms with Crippen molar-refractivity contribution in [3.8, 4) is 5.75 Å². The number of amides is 1. The molecule has 0 saturated heterocycles. The average molecular weight is 388 g/mol. The zero-order valence-corrected chi connectivity index (χ0v) is 12.6. The Morgan fingerprint density at radius 1 is 1.37 bits per heavy atom. The molecule has 0 atom stereocenters. The minimum atomic E-state index is -0.501. The highest BCUT2D eigenvalue weighted by atomic mass is 79.9. The molecule has 0 spiro atoms. The molecule has 0 saturated carbocycles. The van der Waals surface area contributed by atoms with Crippen molar-refractivity contribution >= 4 is 44.0 Å². The SMILES string of the molecule is O=C(N/N=C/c1cc(Br)c(Br)o1)c1ccccc1O. The van der Waals surface area contributed by atoms with E-state index >= 15 is 0 Å². The van der Waals surface area contributed by atoms with Crippen LogP contribution in [0.25, 0.3) is 0 Å². The first-order valence-electron chi connectivity index (χ1n) is 5.14. The van der Waals surface area contributed by atoms with Crippen LogP contribution in [0.2, 0.25) is 0 Å². The van der Waals surface area contributed by atoms with Gasteiger partial charge in [-0.2, -0.15) is 5.10 Å². The number of para-hydroxylation sites is 1. The third-order valence-corrected chi connectivity index (χ3v) is 3.88. The molecule has 0 unspecified atom stereocenters. The number of rotatable bonds is 3. The van der Waals surface area contributed by atoms with Gasteiger partial charge in [0.25, 0.3) is 5.91 Å². The number of nitrogens with one attached hydrogen (secondary N) is 1. The van der Waals surface area contributed by atoms with E-state index < -0.39 is 5.91 Å². The topological polar surface area (TPSA) is 74.8 Å². The molecule has 0 radical (unpaired) electrons. The maximum atomic E-state index is 11.7. The lowest BCUT2D eigenvalue weighted by Crippen LogP contribution is -2.17. The summed E-state index contributed by atoms with van der Waals surface area (Å²) in [6.07, 6.45) is 1.35. The summed E-state index contributed by atoms with van der Waals surface area (Å²) in [5.41, 5.74) is 2.45. The molecular formula is C12H8Br2N2O3. The second-order valence-corrected chi connectivity index (χ2v) is 5.06. The fourth-order valence-electron chi connectivity index (χ4n) is 1.31. The van der Waals surface area contributed by atoms with Crippen molar-refractivity contribution in [2.45, 2.75) is 0 Å². The number of hydrazone groups is 1. The molecule has 1 aromatic heterocycles. The van der Waals surface area contributed by atoms with Gasteiger partial charge >= 0.3 is 0 Å². The molecular weight excluding hydrogens is 380 g/mol. The second kappa shape index (κ2) is 6.03. The number of hydrogen-bond donors (Lipinski definition) is 2. The number of phenolic OH excluding ortho intramolecular Hbond substituents is 1. The molecule has 5 nitrogen and oxygen atoms in total. The number of hydrogen-bond acceptors (Lipinski definition) is 4. The highest BCUT2D eigenvalue weighted by molar-refractivity contribution is 9.13. The molecule has 0 aliphatic rings. The fraction of sp³-hybridized carbons (Fsp3) is 0. The van der Waals surface area contributed by atoms with Crippen molar-refractivity contribution < 1.29 is 14.3 Å². The quantitative estimate of drug-likeness (QED) is 0.626. The number of halogens is 2. The standard InChI is InChI=1S/C12H8Br2N2O3/c13-9-5-7(19-11(9)14)6-15-16-12(18)8-3-1-2-4-10(8)17/h1-6,17H,(H,16,18)/b15-6+. The first-order chi connectivity index (χ1) is 9.08. The number of phenols is 1. The number of nitrogens with zero attached hydrogens (tertiary/aromatic N) is 1. The van der Waals surface area contributed by atoms with Crippen LogP contribution in [0.15, 0.2) is 49.0 Å². The number of carbonyl (C=O) groups is 1. The Morgan fingerprint density at radius 2 is 2.11 bits per heavy atom. The summed E-state index contributed by atoms with van der Waals surface area (Å²) in [5.74, 6) is -0.131. The van der Waals surface area contributed by atoms with E-state index in [1.165, 1.54) is 18.3 Å². The predicted molar refractivity (Wildman–Crippen MR) is 77.3 cm³/mol. The fourth-order valence-corrected chi connectivity index (χ4v) is 1.92. The maximum Gasteiger partial charge on any atom is 0.275 e. The Morgan fingerprint density at radius 3 is 2.74 bits per heavy atom. The van der Waals surface area contributed by atoms with E-state index in [9.17, 15) is 9.90 Å². The summed E-state index contributed by atoms with van der Waals surface area (Å²) in [7, 11) is 0. The van der Waals surface area contributed by atoms with Gasteiger partial charge in [0.15, 0.2) is 4.67 Å². The summed E-state index contributed by atoms with van der Waals surface area (Å²) in [6.45, 7) is 0. The van der Waals surface area contributed by atoms with Gasteiger partial charge in [-0.1, -0.05) is 12.1 Å². The van der Waals surface area contributed by atoms with E-state index in [4.69, 9.17) is 4.42 Å². The molecule has 98 valence electrons. The number of furan rings is 1. The van der Waals surface area contributed by atoms with Crippen LogP contribution in [0.5, 0.6) is 5.75 Å². The van der Waals surface area contributed by atoms with Crippen LogP contribution in [0.3, 0.4) is 0 Å². The Bertz CT molecular complexity index is 618. The normalized spacial score (nSPS) is 10.8. The summed E-state index contributed by atoms with van der Waals surface area (Å²) in [4.78, 5) is 11.7. The van der Waals surface area contributed by atoms with E-state index in [2.05, 4.69) is 42.4 Å². The van der Waals surface area contributed by atoms with Gasteiger partial charge in [0.05, 0.1) is 16.3 Å². The van der Waals surface area contributed by atoms with E-state index in [1.807, 2.05) is 0 Å². The number of aromatic hydroxyl groups is 1. The molecule has 1 heterocycles. The maximum absolute atomic E-state index is 11.7. The second-order valence-electron chi connectivity index (χ2n) is 3.49. The third kappa shape index (κ3) is 3.45. The van der Waals surface area contributed by atoms with Gasteiger partial charge in [-0.05, 0) is 44.0 Å². The number of benzene rings is 1. The monoisotopic (exact) mass is 386 g/mol. The van der Waals surface area contributed by atoms with Crippen molar-refractivity contribution in [1.29, 1.82) is 0 Å². The molecule has 7 heteroatoms. The highest BCUT2D eigenvalue weighted by Gasteiger charge is 2.09. The van der Waals surface area contributed by atoms with E-state index in [0.29, 0.717) is 10.4 Å². The Labute approximate surface area is 125 Å². The summed E-state index contributed by atoms with van der Waals surface area (Å²) in [5, 5.41) is 13.2. The van der Waals surface area contributed by atoms with Crippen LogP contribution < -0.4 is 5.43 Å². The number of carbonyl (C=O) groups excluding carboxylic acids is 1. The van der Waals surface area contributed by atoms with Crippen LogP contribution in [-0.4, -0.2) is 17.2 Å². The zero-order chi connectivity index (χ0) is 13.8. The van der Waals surface area contributed by atoms with Crippen molar-refractivity contribution in [2.24, 2.45) is 5.10 Å². The van der Waals surface area contributed by atoms with Crippen LogP contribution >= 0.6 is 31.9 Å². The summed E-state index contributed by atoms with van der Waals surface area (Å²) < 4.78 is 6.54. The van der Waals surface area contributed by atoms with Gasteiger partial charge < -0.3 is 9.52 Å². The van der Waals surface area contributed by atoms with Gasteiger partial charge in [-0.3, -0.25) is 4.79 Å². The zero-order valence-electron chi connectivity index (χ0n) is 9.43. The van der Waals surface area contributed by atoms with Crippen LogP contribution in [0, 0.1) is 0 Å². The summed E-state index contributed by atoms with van der Waals surface area (Å²) in [6, 6.07) is 7.91. The Balaban J connectivity index is 2.03. The van der Waals surface area contributed by atoms with Crippen molar-refractivity contribution in [1.82, 2.24) is 5.43 Å². The van der Waals surface area contributed by atoms with Gasteiger partial charge in [-0.15, -0.1) is 0 Å². The highest BCUT2D eigenvalue weighted by Crippen LogP contribution is 2.25. The molecule has 0 bridgehead atoms. The lowest BCUT2D eigenvalue weighted by Gasteiger charge is -2.01. The Kier molecular flexibility index (Phi) is 4.39. The van der Waals surface area contributed by atoms with Gasteiger partial charge in [-0.25, -0.2) is 5.43 Å². The lowest BCUT2D eigenvalue weighted by atomic mass is 10.2. The first kappa shape index (κ1) is 13.8. The van der Waals surface area contributed by atoms with Crippen LogP contribution in [-0.2, 0) is 0 Å². The van der Waals surface area contributed by atoms with Gasteiger partial charge in [0, 0.05) is 6.07 Å². The van der Waals surface area contributed by atoms with Crippen LogP contribution in [0.1, 0.15) is 16.1 Å².